The molecular weight excluding hydrogens is 312 g/mol. The highest BCUT2D eigenvalue weighted by atomic mass is 35.5. The Morgan fingerprint density at radius 3 is 2.52 bits per heavy atom. The minimum Gasteiger partial charge on any atom is -0.348 e. The number of carbonyl (C=O) groups is 2. The van der Waals surface area contributed by atoms with Gasteiger partial charge < -0.3 is 10.6 Å². The second kappa shape index (κ2) is 6.84. The quantitative estimate of drug-likeness (QED) is 0.880. The largest absolute Gasteiger partial charge is 0.348 e. The van der Waals surface area contributed by atoms with E-state index in [9.17, 15) is 9.59 Å². The lowest BCUT2D eigenvalue weighted by Crippen LogP contribution is -2.22. The Labute approximate surface area is 139 Å². The monoisotopic (exact) mass is 328 g/mol. The van der Waals surface area contributed by atoms with Crippen LogP contribution in [0.2, 0.25) is 5.02 Å². The Hall–Kier alpha value is -2.33. The van der Waals surface area contributed by atoms with Crippen LogP contribution in [0, 0.1) is 5.92 Å². The second-order valence-electron chi connectivity index (χ2n) is 5.65. The van der Waals surface area contributed by atoms with Crippen molar-refractivity contribution in [1.82, 2.24) is 5.32 Å². The van der Waals surface area contributed by atoms with Crippen LogP contribution in [0.4, 0.5) is 5.69 Å². The SMILES string of the molecule is O=C(NCc1cccc(NC(=O)C2CC2)c1)c1ccc(Cl)cc1. The van der Waals surface area contributed by atoms with Crippen LogP contribution in [-0.2, 0) is 11.3 Å². The second-order valence-corrected chi connectivity index (χ2v) is 6.09. The summed E-state index contributed by atoms with van der Waals surface area (Å²) in [7, 11) is 0. The van der Waals surface area contributed by atoms with Gasteiger partial charge in [0.05, 0.1) is 0 Å². The molecule has 1 aliphatic rings. The summed E-state index contributed by atoms with van der Waals surface area (Å²) in [5.41, 5.74) is 2.26. The van der Waals surface area contributed by atoms with Crippen LogP contribution in [0.3, 0.4) is 0 Å². The molecule has 3 rings (SSSR count). The third-order valence-electron chi connectivity index (χ3n) is 3.70. The molecule has 1 fully saturated rings. The van der Waals surface area contributed by atoms with Gasteiger partial charge in [0.25, 0.3) is 5.91 Å². The van der Waals surface area contributed by atoms with Crippen LogP contribution in [0.15, 0.2) is 48.5 Å². The Bertz CT molecular complexity index is 724. The lowest BCUT2D eigenvalue weighted by molar-refractivity contribution is -0.117. The Kier molecular flexibility index (Phi) is 4.63. The zero-order valence-corrected chi connectivity index (χ0v) is 13.3. The van der Waals surface area contributed by atoms with Gasteiger partial charge in [-0.3, -0.25) is 9.59 Å². The van der Waals surface area contributed by atoms with Gasteiger partial charge in [-0.05, 0) is 54.8 Å². The molecule has 118 valence electrons. The first-order chi connectivity index (χ1) is 11.1. The van der Waals surface area contributed by atoms with Gasteiger partial charge in [0, 0.05) is 28.7 Å². The third kappa shape index (κ3) is 4.33. The predicted octanol–water partition coefficient (Wildman–Crippen LogP) is 3.62. The first-order valence-corrected chi connectivity index (χ1v) is 7.93. The van der Waals surface area contributed by atoms with Gasteiger partial charge in [0.2, 0.25) is 5.91 Å². The zero-order valence-electron chi connectivity index (χ0n) is 12.5. The molecule has 2 N–H and O–H groups in total. The molecule has 0 bridgehead atoms. The molecule has 0 aliphatic heterocycles. The van der Waals surface area contributed by atoms with E-state index in [4.69, 9.17) is 11.6 Å². The first-order valence-electron chi connectivity index (χ1n) is 7.55. The number of rotatable bonds is 5. The van der Waals surface area contributed by atoms with Crippen LogP contribution in [0.1, 0.15) is 28.8 Å². The molecule has 23 heavy (non-hydrogen) atoms. The summed E-state index contributed by atoms with van der Waals surface area (Å²) in [6.07, 6.45) is 1.95. The average Bonchev–Trinajstić information content (AvgIpc) is 3.38. The van der Waals surface area contributed by atoms with E-state index in [-0.39, 0.29) is 17.7 Å². The number of amides is 2. The lowest BCUT2D eigenvalue weighted by Gasteiger charge is -2.08. The van der Waals surface area contributed by atoms with E-state index >= 15 is 0 Å². The van der Waals surface area contributed by atoms with Crippen molar-refractivity contribution in [3.8, 4) is 0 Å². The Morgan fingerprint density at radius 2 is 1.83 bits per heavy atom. The van der Waals surface area contributed by atoms with E-state index in [1.54, 1.807) is 24.3 Å². The minimum atomic E-state index is -0.158. The van der Waals surface area contributed by atoms with Crippen molar-refractivity contribution >= 4 is 29.1 Å². The van der Waals surface area contributed by atoms with E-state index in [0.29, 0.717) is 17.1 Å². The van der Waals surface area contributed by atoms with Gasteiger partial charge in [0.15, 0.2) is 0 Å². The summed E-state index contributed by atoms with van der Waals surface area (Å²) in [6, 6.07) is 14.2. The van der Waals surface area contributed by atoms with Gasteiger partial charge >= 0.3 is 0 Å². The maximum absolute atomic E-state index is 12.1. The summed E-state index contributed by atoms with van der Waals surface area (Å²) >= 11 is 5.81. The summed E-state index contributed by atoms with van der Waals surface area (Å²) in [6.45, 7) is 0.397. The van der Waals surface area contributed by atoms with E-state index < -0.39 is 0 Å². The van der Waals surface area contributed by atoms with Crippen molar-refractivity contribution in [1.29, 1.82) is 0 Å². The summed E-state index contributed by atoms with van der Waals surface area (Å²) in [4.78, 5) is 23.8. The van der Waals surface area contributed by atoms with Crippen LogP contribution in [0.5, 0.6) is 0 Å². The molecular formula is C18H17ClN2O2. The summed E-state index contributed by atoms with van der Waals surface area (Å²) < 4.78 is 0. The van der Waals surface area contributed by atoms with Crippen molar-refractivity contribution in [3.63, 3.8) is 0 Å². The topological polar surface area (TPSA) is 58.2 Å². The summed E-state index contributed by atoms with van der Waals surface area (Å²) in [5, 5.41) is 6.36. The molecule has 0 unspecified atom stereocenters. The standard InChI is InChI=1S/C18H17ClN2O2/c19-15-8-6-13(7-9-15)17(22)20-11-12-2-1-3-16(10-12)21-18(23)14-4-5-14/h1-3,6-10,14H,4-5,11H2,(H,20,22)(H,21,23). The first kappa shape index (κ1) is 15.6. The molecule has 0 aromatic heterocycles. The van der Waals surface area contributed by atoms with E-state index in [0.717, 1.165) is 24.1 Å². The number of nitrogens with one attached hydrogen (secondary N) is 2. The molecule has 0 heterocycles. The Morgan fingerprint density at radius 1 is 1.09 bits per heavy atom. The number of anilines is 1. The van der Waals surface area contributed by atoms with E-state index in [1.165, 1.54) is 0 Å². The maximum atomic E-state index is 12.1. The fourth-order valence-corrected chi connectivity index (χ4v) is 2.36. The van der Waals surface area contributed by atoms with Crippen LogP contribution in [0.25, 0.3) is 0 Å². The highest BCUT2D eigenvalue weighted by Crippen LogP contribution is 2.30. The fourth-order valence-electron chi connectivity index (χ4n) is 2.23. The molecule has 2 aromatic carbocycles. The molecule has 0 atom stereocenters. The van der Waals surface area contributed by atoms with E-state index in [2.05, 4.69) is 10.6 Å². The normalized spacial score (nSPS) is 13.4. The zero-order chi connectivity index (χ0) is 16.2. The number of halogens is 1. The molecule has 0 saturated heterocycles. The molecule has 2 amide bonds. The van der Waals surface area contributed by atoms with Gasteiger partial charge in [-0.15, -0.1) is 0 Å². The van der Waals surface area contributed by atoms with Crippen LogP contribution in [-0.4, -0.2) is 11.8 Å². The van der Waals surface area contributed by atoms with Gasteiger partial charge in [-0.2, -0.15) is 0 Å². The predicted molar refractivity (Wildman–Crippen MR) is 90.4 cm³/mol. The molecule has 0 radical (unpaired) electrons. The molecule has 4 nitrogen and oxygen atoms in total. The third-order valence-corrected chi connectivity index (χ3v) is 3.95. The number of benzene rings is 2. The van der Waals surface area contributed by atoms with Crippen molar-refractivity contribution in [2.24, 2.45) is 5.92 Å². The minimum absolute atomic E-state index is 0.0762. The van der Waals surface area contributed by atoms with Crippen molar-refractivity contribution in [2.45, 2.75) is 19.4 Å². The number of hydrogen-bond acceptors (Lipinski definition) is 2. The molecule has 1 saturated carbocycles. The summed E-state index contributed by atoms with van der Waals surface area (Å²) in [5.74, 6) is 0.0877. The van der Waals surface area contributed by atoms with Gasteiger partial charge in [-0.25, -0.2) is 0 Å². The lowest BCUT2D eigenvalue weighted by atomic mass is 10.1. The molecule has 0 spiro atoms. The Balaban J connectivity index is 1.58. The fraction of sp³-hybridized carbons (Fsp3) is 0.222. The van der Waals surface area contributed by atoms with Crippen molar-refractivity contribution in [2.75, 3.05) is 5.32 Å². The average molecular weight is 329 g/mol. The molecule has 1 aliphatic carbocycles. The smallest absolute Gasteiger partial charge is 0.251 e. The van der Waals surface area contributed by atoms with Crippen molar-refractivity contribution in [3.05, 3.63) is 64.7 Å². The van der Waals surface area contributed by atoms with Crippen molar-refractivity contribution < 1.29 is 9.59 Å². The van der Waals surface area contributed by atoms with Gasteiger partial charge in [-0.1, -0.05) is 23.7 Å². The van der Waals surface area contributed by atoms with Crippen LogP contribution < -0.4 is 10.6 Å². The number of carbonyl (C=O) groups excluding carboxylic acids is 2. The van der Waals surface area contributed by atoms with Gasteiger partial charge in [0.1, 0.15) is 0 Å². The van der Waals surface area contributed by atoms with Crippen LogP contribution >= 0.6 is 11.6 Å². The maximum Gasteiger partial charge on any atom is 0.251 e. The van der Waals surface area contributed by atoms with E-state index in [1.807, 2.05) is 24.3 Å². The molecule has 2 aromatic rings. The highest BCUT2D eigenvalue weighted by molar-refractivity contribution is 6.30. The highest BCUT2D eigenvalue weighted by Gasteiger charge is 2.29. The molecule has 5 heteroatoms. The number of hydrogen-bond donors (Lipinski definition) is 2.